The quantitative estimate of drug-likeness (QED) is 0.365. The van der Waals surface area contributed by atoms with Crippen LogP contribution in [0.4, 0.5) is 0 Å². The Balaban J connectivity index is 2.51. The van der Waals surface area contributed by atoms with Crippen LogP contribution in [-0.2, 0) is 4.74 Å². The van der Waals surface area contributed by atoms with Crippen molar-refractivity contribution >= 4 is 21.3 Å². The molecule has 1 saturated heterocycles. The lowest BCUT2D eigenvalue weighted by atomic mass is 9.95. The molecule has 1 aromatic heterocycles. The highest BCUT2D eigenvalue weighted by atomic mass is 127. The fraction of sp³-hybridized carbons (Fsp3) is 0.545. The summed E-state index contributed by atoms with van der Waals surface area (Å²) in [5.41, 5.74) is 3.82. The Bertz CT molecular complexity index is 769. The van der Waals surface area contributed by atoms with E-state index in [1.807, 2.05) is 11.1 Å². The molecule has 1 aliphatic heterocycles. The number of aliphatic hydroxyl groups excluding tert-OH is 2. The standard InChI is InChI=1S/C11H13IN6O5/c13-5-6-8(21)11(2-4-19,16-12-17-14)23-9(6)18-3-1-7(20)15-10(18)22/h1,3,6,8-9,14,19,21H,2,4H2,(H,15,20,22)/t6-,8-,9+,11+/m0/s1. The zero-order valence-electron chi connectivity index (χ0n) is 11.6. The van der Waals surface area contributed by atoms with Crippen LogP contribution in [0.3, 0.4) is 0 Å². The molecular weight excluding hydrogens is 423 g/mol. The molecule has 0 amide bonds. The number of hydrogen-bond donors (Lipinski definition) is 4. The van der Waals surface area contributed by atoms with Gasteiger partial charge in [0.05, 0.1) is 6.07 Å². The zero-order chi connectivity index (χ0) is 17.0. The zero-order valence-corrected chi connectivity index (χ0v) is 13.7. The molecular formula is C11H13IN6O5. The summed E-state index contributed by atoms with van der Waals surface area (Å²) in [6.07, 6.45) is -1.56. The number of halogens is 1. The molecule has 11 nitrogen and oxygen atoms in total. The Kier molecular flexibility index (Phi) is 5.46. The van der Waals surface area contributed by atoms with Crippen LogP contribution in [0.1, 0.15) is 12.6 Å². The Hall–Kier alpha value is -1.82. The van der Waals surface area contributed by atoms with Crippen LogP contribution in [0.5, 0.6) is 0 Å². The van der Waals surface area contributed by atoms with E-state index in [2.05, 4.69) is 6.47 Å². The van der Waals surface area contributed by atoms with E-state index in [0.29, 0.717) is 0 Å². The van der Waals surface area contributed by atoms with Gasteiger partial charge in [0.1, 0.15) is 12.0 Å². The first kappa shape index (κ1) is 17.5. The Morgan fingerprint density at radius 3 is 2.91 bits per heavy atom. The highest BCUT2D eigenvalue weighted by molar-refractivity contribution is 14.1. The Morgan fingerprint density at radius 1 is 1.61 bits per heavy atom. The smallest absolute Gasteiger partial charge is 0.330 e. The largest absolute Gasteiger partial charge is 0.396 e. The van der Waals surface area contributed by atoms with E-state index >= 15 is 0 Å². The van der Waals surface area contributed by atoms with Crippen molar-refractivity contribution in [2.24, 2.45) is 12.4 Å². The Labute approximate surface area is 139 Å². The minimum atomic E-state index is -1.62. The number of H-pyrrole nitrogens is 1. The molecule has 0 aliphatic carbocycles. The van der Waals surface area contributed by atoms with Crippen molar-refractivity contribution < 1.29 is 14.9 Å². The van der Waals surface area contributed by atoms with Crippen LogP contribution in [0.2, 0.25) is 0 Å². The molecule has 12 heteroatoms. The van der Waals surface area contributed by atoms with Crippen molar-refractivity contribution in [2.75, 3.05) is 6.61 Å². The molecule has 0 bridgehead atoms. The highest BCUT2D eigenvalue weighted by Gasteiger charge is 2.56. The fourth-order valence-corrected chi connectivity index (χ4v) is 3.46. The third kappa shape index (κ3) is 3.27. The van der Waals surface area contributed by atoms with E-state index in [1.165, 1.54) is 0 Å². The summed E-state index contributed by atoms with van der Waals surface area (Å²) in [5.74, 6) is -1.15. The predicted octanol–water partition coefficient (Wildman–Crippen LogP) is -0.255. The van der Waals surface area contributed by atoms with Gasteiger partial charge in [-0.2, -0.15) is 10.8 Å². The summed E-state index contributed by atoms with van der Waals surface area (Å²) in [4.78, 5) is 25.1. The average molecular weight is 436 g/mol. The molecule has 23 heavy (non-hydrogen) atoms. The number of nitrogens with zero attached hydrogens (tertiary/aromatic N) is 4. The van der Waals surface area contributed by atoms with Crippen molar-refractivity contribution in [3.63, 3.8) is 0 Å². The van der Waals surface area contributed by atoms with Crippen LogP contribution in [0.15, 0.2) is 28.3 Å². The fourth-order valence-electron chi connectivity index (χ4n) is 2.34. The first-order valence-electron chi connectivity index (χ1n) is 6.39. The lowest BCUT2D eigenvalue weighted by Crippen LogP contribution is -2.39. The maximum Gasteiger partial charge on any atom is 0.330 e. The van der Waals surface area contributed by atoms with Gasteiger partial charge in [0.15, 0.2) is 33.3 Å². The van der Waals surface area contributed by atoms with Gasteiger partial charge in [-0.15, -0.1) is 3.33 Å². The van der Waals surface area contributed by atoms with Gasteiger partial charge < -0.3 is 14.9 Å². The summed E-state index contributed by atoms with van der Waals surface area (Å²) in [6.45, 7) is -0.381. The summed E-state index contributed by atoms with van der Waals surface area (Å²) in [5, 5.41) is 28.9. The van der Waals surface area contributed by atoms with Crippen molar-refractivity contribution in [3.8, 4) is 6.07 Å². The minimum absolute atomic E-state index is 0.115. The maximum atomic E-state index is 11.9. The van der Waals surface area contributed by atoms with E-state index in [1.54, 1.807) is 0 Å². The van der Waals surface area contributed by atoms with Crippen LogP contribution >= 0.6 is 21.3 Å². The second kappa shape index (κ2) is 7.17. The molecule has 4 atom stereocenters. The van der Waals surface area contributed by atoms with Crippen molar-refractivity contribution in [1.29, 1.82) is 10.8 Å². The SMILES string of the molecule is N#C[C@@H]1[C@H](n2ccc(=O)[nH]c2=O)O[C@@](CCO)(N=IN=N)[C@H]1O. The van der Waals surface area contributed by atoms with Gasteiger partial charge in [-0.3, -0.25) is 14.3 Å². The van der Waals surface area contributed by atoms with Crippen LogP contribution < -0.4 is 11.2 Å². The number of aliphatic hydroxyl groups is 2. The van der Waals surface area contributed by atoms with E-state index in [-0.39, 0.29) is 13.0 Å². The predicted molar refractivity (Wildman–Crippen MR) is 82.6 cm³/mol. The number of aromatic nitrogens is 2. The first-order chi connectivity index (χ1) is 11.0. The monoisotopic (exact) mass is 436 g/mol. The molecule has 1 fully saturated rings. The second-order valence-electron chi connectivity index (χ2n) is 4.69. The van der Waals surface area contributed by atoms with Crippen molar-refractivity contribution in [1.82, 2.24) is 9.55 Å². The number of nitrogens with one attached hydrogen (secondary N) is 2. The number of ether oxygens (including phenoxy) is 1. The molecule has 0 saturated carbocycles. The van der Waals surface area contributed by atoms with Crippen LogP contribution in [-0.4, -0.2) is 38.2 Å². The van der Waals surface area contributed by atoms with Gasteiger partial charge in [0, 0.05) is 25.3 Å². The van der Waals surface area contributed by atoms with E-state index in [4.69, 9.17) is 10.3 Å². The van der Waals surface area contributed by atoms with E-state index < -0.39 is 56.5 Å². The van der Waals surface area contributed by atoms with E-state index in [9.17, 15) is 25.1 Å². The second-order valence-corrected chi connectivity index (χ2v) is 6.08. The molecule has 1 aromatic rings. The van der Waals surface area contributed by atoms with Gasteiger partial charge in [0.2, 0.25) is 0 Å². The Morgan fingerprint density at radius 2 is 2.35 bits per heavy atom. The van der Waals surface area contributed by atoms with Gasteiger partial charge >= 0.3 is 5.69 Å². The normalized spacial score (nSPS) is 30.7. The number of nitriles is 1. The lowest BCUT2D eigenvalue weighted by molar-refractivity contribution is -0.105. The number of hydrogen-bond acceptors (Lipinski definition) is 8. The highest BCUT2D eigenvalue weighted by Crippen LogP contribution is 2.44. The molecule has 2 heterocycles. The van der Waals surface area contributed by atoms with Gasteiger partial charge in [-0.05, 0) is 0 Å². The average Bonchev–Trinajstić information content (AvgIpc) is 2.78. The van der Waals surface area contributed by atoms with Gasteiger partial charge in [0.25, 0.3) is 5.56 Å². The maximum absolute atomic E-state index is 11.9. The van der Waals surface area contributed by atoms with E-state index in [0.717, 1.165) is 16.8 Å². The van der Waals surface area contributed by atoms with Gasteiger partial charge in [-0.1, -0.05) is 0 Å². The lowest BCUT2D eigenvalue weighted by Gasteiger charge is -2.26. The molecule has 124 valence electrons. The summed E-state index contributed by atoms with van der Waals surface area (Å²) >= 11 is -1.34. The summed E-state index contributed by atoms with van der Waals surface area (Å²) in [6, 6.07) is 2.94. The molecule has 0 spiro atoms. The minimum Gasteiger partial charge on any atom is -0.396 e. The molecule has 1 aliphatic rings. The third-order valence-corrected chi connectivity index (χ3v) is 4.65. The molecule has 0 aromatic carbocycles. The third-order valence-electron chi connectivity index (χ3n) is 3.40. The number of rotatable bonds is 5. The van der Waals surface area contributed by atoms with Gasteiger partial charge in [-0.25, -0.2) is 7.94 Å². The first-order valence-corrected chi connectivity index (χ1v) is 8.32. The summed E-state index contributed by atoms with van der Waals surface area (Å²) in [7, 11) is 0. The topological polar surface area (TPSA) is 177 Å². The summed E-state index contributed by atoms with van der Waals surface area (Å²) < 4.78 is 13.8. The number of aromatic amines is 1. The van der Waals surface area contributed by atoms with Crippen molar-refractivity contribution in [2.45, 2.75) is 24.5 Å². The molecule has 0 radical (unpaired) electrons. The van der Waals surface area contributed by atoms with Crippen molar-refractivity contribution in [3.05, 3.63) is 33.1 Å². The molecule has 4 N–H and O–H groups in total. The van der Waals surface area contributed by atoms with Crippen LogP contribution in [0, 0.1) is 22.8 Å². The molecule has 0 unspecified atom stereocenters. The molecule has 2 rings (SSSR count). The van der Waals surface area contributed by atoms with Crippen LogP contribution in [0.25, 0.3) is 0 Å².